The average molecular weight is 681 g/mol. The number of para-hydroxylation sites is 1. The SMILES string of the molecule is N#Cc1ccccc1S(=O)(=O)Nc1ccccc1C1CCN(C(=O)[C@@H](Cc2ccc(Cl)cc2)NC(=O)C2N[CH]Cc3ccccc32)CC1. The van der Waals surface area contributed by atoms with Gasteiger partial charge in [-0.2, -0.15) is 5.26 Å². The van der Waals surface area contributed by atoms with E-state index in [0.29, 0.717) is 49.5 Å². The molecule has 2 aliphatic rings. The number of hydrogen-bond acceptors (Lipinski definition) is 6. The fraction of sp³-hybridized carbons (Fsp3) is 0.243. The van der Waals surface area contributed by atoms with Gasteiger partial charge in [0.25, 0.3) is 10.0 Å². The number of piperidine rings is 1. The highest BCUT2D eigenvalue weighted by Gasteiger charge is 2.34. The molecule has 6 rings (SSSR count). The lowest BCUT2D eigenvalue weighted by Crippen LogP contribution is -2.53. The van der Waals surface area contributed by atoms with Gasteiger partial charge in [0, 0.05) is 31.1 Å². The minimum atomic E-state index is -4.02. The first-order valence-corrected chi connectivity index (χ1v) is 17.7. The topological polar surface area (TPSA) is 131 Å². The van der Waals surface area contributed by atoms with E-state index in [0.717, 1.165) is 22.3 Å². The number of fused-ring (bicyclic) bond motifs is 1. The highest BCUT2D eigenvalue weighted by molar-refractivity contribution is 7.92. The van der Waals surface area contributed by atoms with Crippen molar-refractivity contribution >= 4 is 39.1 Å². The van der Waals surface area contributed by atoms with Crippen LogP contribution in [0, 0.1) is 17.9 Å². The van der Waals surface area contributed by atoms with Gasteiger partial charge in [-0.3, -0.25) is 19.6 Å². The van der Waals surface area contributed by atoms with Crippen molar-refractivity contribution in [1.29, 1.82) is 5.26 Å². The Morgan fingerprint density at radius 2 is 1.58 bits per heavy atom. The predicted molar refractivity (Wildman–Crippen MR) is 184 cm³/mol. The third-order valence-corrected chi connectivity index (χ3v) is 10.6. The number of benzene rings is 4. The lowest BCUT2D eigenvalue weighted by atomic mass is 9.88. The summed E-state index contributed by atoms with van der Waals surface area (Å²) < 4.78 is 29.3. The van der Waals surface area contributed by atoms with Gasteiger partial charge in [-0.15, -0.1) is 0 Å². The van der Waals surface area contributed by atoms with Crippen molar-refractivity contribution in [3.05, 3.63) is 136 Å². The van der Waals surface area contributed by atoms with Crippen molar-refractivity contribution < 1.29 is 18.0 Å². The number of anilines is 1. The Morgan fingerprint density at radius 1 is 0.917 bits per heavy atom. The molecular weight excluding hydrogens is 646 g/mol. The molecule has 245 valence electrons. The van der Waals surface area contributed by atoms with Crippen LogP contribution in [0.2, 0.25) is 5.02 Å². The molecule has 2 atom stereocenters. The summed E-state index contributed by atoms with van der Waals surface area (Å²) in [6, 6.07) is 28.9. The third-order valence-electron chi connectivity index (χ3n) is 8.95. The van der Waals surface area contributed by atoms with E-state index in [4.69, 9.17) is 11.6 Å². The summed E-state index contributed by atoms with van der Waals surface area (Å²) in [6.07, 6.45) is 2.22. The first kappa shape index (κ1) is 33.2. The van der Waals surface area contributed by atoms with Crippen molar-refractivity contribution in [2.45, 2.75) is 48.6 Å². The number of hydrogen-bond donors (Lipinski definition) is 3. The molecule has 0 aliphatic carbocycles. The number of carbonyl (C=O) groups excluding carboxylic acids is 2. The molecule has 0 aromatic heterocycles. The van der Waals surface area contributed by atoms with Crippen molar-refractivity contribution in [3.63, 3.8) is 0 Å². The second-order valence-electron chi connectivity index (χ2n) is 12.0. The molecule has 1 saturated heterocycles. The number of nitrogens with one attached hydrogen (secondary N) is 3. The molecule has 48 heavy (non-hydrogen) atoms. The van der Waals surface area contributed by atoms with E-state index in [1.54, 1.807) is 41.3 Å². The molecule has 9 nitrogen and oxygen atoms in total. The smallest absolute Gasteiger partial charge is 0.263 e. The number of likely N-dealkylation sites (tertiary alicyclic amines) is 1. The second-order valence-corrected chi connectivity index (χ2v) is 14.1. The summed E-state index contributed by atoms with van der Waals surface area (Å²) in [4.78, 5) is 29.5. The predicted octanol–water partition coefficient (Wildman–Crippen LogP) is 5.49. The zero-order chi connectivity index (χ0) is 33.7. The van der Waals surface area contributed by atoms with Crippen LogP contribution in [0.15, 0.2) is 102 Å². The Kier molecular flexibility index (Phi) is 10.1. The highest BCUT2D eigenvalue weighted by atomic mass is 35.5. The standard InChI is InChI=1S/C37H35ClN5O4S/c38-29-15-13-25(14-16-29)23-33(41-36(44)35-31-10-3-1-7-26(31)17-20-40-35)37(45)43-21-18-27(19-22-43)30-9-4-5-11-32(30)42-48(46,47)34-12-6-2-8-28(34)24-39/h1-16,20,27,33,35,40,42H,17-19,21-23H2,(H,41,44)/t33-,35?/m1/s1. The van der Waals surface area contributed by atoms with Gasteiger partial charge in [0.05, 0.1) is 11.3 Å². The summed E-state index contributed by atoms with van der Waals surface area (Å²) in [5, 5.41) is 16.3. The molecule has 0 bridgehead atoms. The summed E-state index contributed by atoms with van der Waals surface area (Å²) in [5.41, 5.74) is 4.16. The monoisotopic (exact) mass is 680 g/mol. The Bertz CT molecular complexity index is 1950. The summed E-state index contributed by atoms with van der Waals surface area (Å²) in [7, 11) is -4.02. The fourth-order valence-electron chi connectivity index (χ4n) is 6.48. The van der Waals surface area contributed by atoms with Crippen LogP contribution in [0.25, 0.3) is 0 Å². The fourth-order valence-corrected chi connectivity index (χ4v) is 7.85. The largest absolute Gasteiger partial charge is 0.342 e. The highest BCUT2D eigenvalue weighted by Crippen LogP contribution is 2.35. The number of nitriles is 1. The van der Waals surface area contributed by atoms with Gasteiger partial charge in [0.2, 0.25) is 11.8 Å². The Hall–Kier alpha value is -4.69. The number of rotatable bonds is 9. The average Bonchev–Trinajstić information content (AvgIpc) is 3.11. The van der Waals surface area contributed by atoms with Crippen molar-refractivity contribution in [2.75, 3.05) is 17.8 Å². The van der Waals surface area contributed by atoms with Crippen molar-refractivity contribution in [1.82, 2.24) is 15.5 Å². The zero-order valence-corrected chi connectivity index (χ0v) is 27.7. The number of carbonyl (C=O) groups is 2. The van der Waals surface area contributed by atoms with Gasteiger partial charge in [-0.1, -0.05) is 78.3 Å². The summed E-state index contributed by atoms with van der Waals surface area (Å²) in [6.45, 7) is 2.74. The maximum absolute atomic E-state index is 14.1. The molecule has 1 unspecified atom stereocenters. The second kappa shape index (κ2) is 14.6. The molecule has 1 fully saturated rings. The van der Waals surface area contributed by atoms with E-state index in [1.807, 2.05) is 61.1 Å². The molecule has 2 aliphatic heterocycles. The van der Waals surface area contributed by atoms with E-state index in [9.17, 15) is 23.3 Å². The minimum Gasteiger partial charge on any atom is -0.342 e. The lowest BCUT2D eigenvalue weighted by Gasteiger charge is -2.36. The first-order chi connectivity index (χ1) is 23.2. The van der Waals surface area contributed by atoms with Gasteiger partial charge >= 0.3 is 0 Å². The van der Waals surface area contributed by atoms with E-state index in [2.05, 4.69) is 15.4 Å². The Balaban J connectivity index is 1.17. The summed E-state index contributed by atoms with van der Waals surface area (Å²) >= 11 is 6.11. The van der Waals surface area contributed by atoms with Gasteiger partial charge < -0.3 is 10.2 Å². The van der Waals surface area contributed by atoms with Gasteiger partial charge in [-0.25, -0.2) is 8.42 Å². The van der Waals surface area contributed by atoms with Crippen LogP contribution in [0.5, 0.6) is 0 Å². The van der Waals surface area contributed by atoms with Crippen LogP contribution in [0.4, 0.5) is 5.69 Å². The van der Waals surface area contributed by atoms with E-state index >= 15 is 0 Å². The van der Waals surface area contributed by atoms with E-state index < -0.39 is 22.1 Å². The molecule has 2 amide bonds. The van der Waals surface area contributed by atoms with Gasteiger partial charge in [-0.05, 0) is 77.8 Å². The Morgan fingerprint density at radius 3 is 2.33 bits per heavy atom. The zero-order valence-electron chi connectivity index (χ0n) is 26.1. The molecule has 4 aromatic carbocycles. The molecular formula is C37H35ClN5O4S. The number of sulfonamides is 1. The summed E-state index contributed by atoms with van der Waals surface area (Å²) in [5.74, 6) is -0.464. The molecule has 0 spiro atoms. The number of nitrogens with zero attached hydrogens (tertiary/aromatic N) is 2. The van der Waals surface area contributed by atoms with Crippen LogP contribution >= 0.6 is 11.6 Å². The van der Waals surface area contributed by atoms with Crippen LogP contribution in [0.1, 0.15) is 52.6 Å². The quantitative estimate of drug-likeness (QED) is 0.214. The van der Waals surface area contributed by atoms with Crippen LogP contribution in [0.3, 0.4) is 0 Å². The molecule has 3 N–H and O–H groups in total. The van der Waals surface area contributed by atoms with Crippen molar-refractivity contribution in [2.24, 2.45) is 0 Å². The maximum Gasteiger partial charge on any atom is 0.263 e. The lowest BCUT2D eigenvalue weighted by molar-refractivity contribution is -0.137. The van der Waals surface area contributed by atoms with Gasteiger partial charge in [0.15, 0.2) is 0 Å². The number of amides is 2. The van der Waals surface area contributed by atoms with E-state index in [-0.39, 0.29) is 28.2 Å². The molecule has 2 heterocycles. The van der Waals surface area contributed by atoms with Crippen molar-refractivity contribution in [3.8, 4) is 6.07 Å². The third kappa shape index (κ3) is 7.39. The maximum atomic E-state index is 14.1. The van der Waals surface area contributed by atoms with Gasteiger partial charge in [0.1, 0.15) is 23.0 Å². The van der Waals surface area contributed by atoms with Crippen LogP contribution in [-0.2, 0) is 32.5 Å². The molecule has 4 aromatic rings. The van der Waals surface area contributed by atoms with Crippen LogP contribution in [-0.4, -0.2) is 44.3 Å². The minimum absolute atomic E-state index is 0.0121. The molecule has 1 radical (unpaired) electrons. The number of halogens is 1. The molecule has 0 saturated carbocycles. The first-order valence-electron chi connectivity index (χ1n) is 15.8. The Labute approximate surface area is 286 Å². The molecule has 11 heteroatoms. The van der Waals surface area contributed by atoms with E-state index in [1.165, 1.54) is 12.1 Å². The normalized spacial score (nSPS) is 17.1. The van der Waals surface area contributed by atoms with Crippen LogP contribution < -0.4 is 15.4 Å².